The van der Waals surface area contributed by atoms with Crippen LogP contribution in [0.2, 0.25) is 0 Å². The lowest BCUT2D eigenvalue weighted by Gasteiger charge is -2.15. The maximum atomic E-state index is 13.2. The number of hydrogen-bond donors (Lipinski definition) is 1. The number of hydrogen-bond acceptors (Lipinski definition) is 5. The van der Waals surface area contributed by atoms with E-state index in [4.69, 9.17) is 0 Å². The summed E-state index contributed by atoms with van der Waals surface area (Å²) in [6, 6.07) is 19.8. The van der Waals surface area contributed by atoms with Gasteiger partial charge in [-0.25, -0.2) is 4.39 Å². The predicted molar refractivity (Wildman–Crippen MR) is 112 cm³/mol. The summed E-state index contributed by atoms with van der Waals surface area (Å²) in [4.78, 5) is 37.8. The Kier molecular flexibility index (Phi) is 5.28. The van der Waals surface area contributed by atoms with Crippen LogP contribution in [0, 0.1) is 15.9 Å². The van der Waals surface area contributed by atoms with Crippen LogP contribution in [-0.2, 0) is 16.1 Å². The van der Waals surface area contributed by atoms with Gasteiger partial charge in [-0.15, -0.1) is 0 Å². The second-order valence-electron chi connectivity index (χ2n) is 6.87. The highest BCUT2D eigenvalue weighted by Gasteiger charge is 2.39. The molecule has 0 radical (unpaired) electrons. The van der Waals surface area contributed by atoms with Gasteiger partial charge in [0.05, 0.1) is 17.0 Å². The Morgan fingerprint density at radius 2 is 1.52 bits per heavy atom. The first-order valence-electron chi connectivity index (χ1n) is 9.36. The molecule has 8 heteroatoms. The van der Waals surface area contributed by atoms with E-state index in [1.807, 2.05) is 6.07 Å². The van der Waals surface area contributed by atoms with Crippen molar-refractivity contribution in [3.8, 4) is 0 Å². The number of para-hydroxylation sites is 1. The highest BCUT2D eigenvalue weighted by molar-refractivity contribution is 6.36. The van der Waals surface area contributed by atoms with Crippen molar-refractivity contribution in [1.82, 2.24) is 4.90 Å². The third-order valence-electron chi connectivity index (χ3n) is 4.83. The summed E-state index contributed by atoms with van der Waals surface area (Å²) in [6.45, 7) is -0.0333. The van der Waals surface area contributed by atoms with Crippen LogP contribution in [0.15, 0.2) is 84.6 Å². The lowest BCUT2D eigenvalue weighted by molar-refractivity contribution is -0.384. The molecule has 7 nitrogen and oxygen atoms in total. The highest BCUT2D eigenvalue weighted by atomic mass is 19.1. The summed E-state index contributed by atoms with van der Waals surface area (Å²) in [6.07, 6.45) is 0. The Bertz CT molecular complexity index is 1190. The Labute approximate surface area is 176 Å². The molecular weight excluding hydrogens is 401 g/mol. The number of nitro benzene ring substituents is 1. The normalized spacial score (nSPS) is 13.6. The Balaban J connectivity index is 1.73. The largest absolute Gasteiger partial charge is 0.350 e. The summed E-state index contributed by atoms with van der Waals surface area (Å²) in [5.41, 5.74) is 1.65. The maximum Gasteiger partial charge on any atom is 0.278 e. The van der Waals surface area contributed by atoms with Crippen molar-refractivity contribution in [2.24, 2.45) is 0 Å². The second-order valence-corrected chi connectivity index (χ2v) is 6.87. The molecule has 0 aromatic heterocycles. The van der Waals surface area contributed by atoms with E-state index in [1.54, 1.807) is 24.3 Å². The molecule has 0 bridgehead atoms. The van der Waals surface area contributed by atoms with E-state index in [9.17, 15) is 24.1 Å². The summed E-state index contributed by atoms with van der Waals surface area (Å²) in [5, 5.41) is 14.0. The number of benzene rings is 3. The molecule has 154 valence electrons. The molecular formula is C23H16FN3O4. The molecule has 0 aliphatic carbocycles. The van der Waals surface area contributed by atoms with Gasteiger partial charge in [-0.2, -0.15) is 0 Å². The highest BCUT2D eigenvalue weighted by Crippen LogP contribution is 2.32. The zero-order valence-corrected chi connectivity index (χ0v) is 16.1. The Hall–Kier alpha value is -4.33. The molecule has 4 rings (SSSR count). The van der Waals surface area contributed by atoms with Gasteiger partial charge in [0.15, 0.2) is 0 Å². The van der Waals surface area contributed by atoms with E-state index in [1.165, 1.54) is 48.5 Å². The smallest absolute Gasteiger partial charge is 0.278 e. The number of nitrogens with one attached hydrogen (secondary N) is 1. The number of imide groups is 1. The summed E-state index contributed by atoms with van der Waals surface area (Å²) >= 11 is 0. The van der Waals surface area contributed by atoms with Crippen molar-refractivity contribution in [1.29, 1.82) is 0 Å². The van der Waals surface area contributed by atoms with Crippen LogP contribution in [0.25, 0.3) is 5.57 Å². The SMILES string of the molecule is O=C1C(Nc2ccccc2)=C(c2ccc([N+](=O)[O-])cc2)C(=O)N1Cc1ccc(F)cc1. The van der Waals surface area contributed by atoms with Gasteiger partial charge >= 0.3 is 0 Å². The number of non-ortho nitro benzene ring substituents is 1. The molecule has 1 heterocycles. The van der Waals surface area contributed by atoms with E-state index >= 15 is 0 Å². The minimum Gasteiger partial charge on any atom is -0.350 e. The van der Waals surface area contributed by atoms with Crippen LogP contribution in [0.1, 0.15) is 11.1 Å². The molecule has 31 heavy (non-hydrogen) atoms. The third-order valence-corrected chi connectivity index (χ3v) is 4.83. The zero-order chi connectivity index (χ0) is 22.0. The predicted octanol–water partition coefficient (Wildman–Crippen LogP) is 4.13. The van der Waals surface area contributed by atoms with Gasteiger partial charge in [-0.1, -0.05) is 30.3 Å². The molecule has 0 atom stereocenters. The van der Waals surface area contributed by atoms with Crippen molar-refractivity contribution in [2.45, 2.75) is 6.54 Å². The van der Waals surface area contributed by atoms with Crippen LogP contribution < -0.4 is 5.32 Å². The topological polar surface area (TPSA) is 92.5 Å². The number of rotatable bonds is 6. The number of carbonyl (C=O) groups is 2. The maximum absolute atomic E-state index is 13.2. The van der Waals surface area contributed by atoms with Gasteiger partial charge in [0.2, 0.25) is 0 Å². The zero-order valence-electron chi connectivity index (χ0n) is 16.1. The molecule has 1 aliphatic rings. The number of carbonyl (C=O) groups excluding carboxylic acids is 2. The average molecular weight is 417 g/mol. The lowest BCUT2D eigenvalue weighted by atomic mass is 10.0. The van der Waals surface area contributed by atoms with Gasteiger partial charge in [0.25, 0.3) is 17.5 Å². The van der Waals surface area contributed by atoms with Crippen molar-refractivity contribution in [3.63, 3.8) is 0 Å². The molecule has 0 saturated carbocycles. The second kappa shape index (κ2) is 8.19. The number of nitro groups is 1. The van der Waals surface area contributed by atoms with Crippen LogP contribution in [0.5, 0.6) is 0 Å². The summed E-state index contributed by atoms with van der Waals surface area (Å²) < 4.78 is 13.2. The minimum atomic E-state index is -0.540. The molecule has 2 amide bonds. The average Bonchev–Trinajstić information content (AvgIpc) is 3.00. The third kappa shape index (κ3) is 4.04. The van der Waals surface area contributed by atoms with Crippen LogP contribution in [0.3, 0.4) is 0 Å². The van der Waals surface area contributed by atoms with Gasteiger partial charge in [0.1, 0.15) is 11.5 Å². The molecule has 0 saturated heterocycles. The van der Waals surface area contributed by atoms with Gasteiger partial charge in [-0.05, 0) is 47.5 Å². The fraction of sp³-hybridized carbons (Fsp3) is 0.0435. The minimum absolute atomic E-state index is 0.0333. The number of halogens is 1. The molecule has 0 spiro atoms. The number of nitrogens with zero attached hydrogens (tertiary/aromatic N) is 2. The van der Waals surface area contributed by atoms with Crippen LogP contribution in [-0.4, -0.2) is 21.6 Å². The molecule has 0 fully saturated rings. The fourth-order valence-electron chi connectivity index (χ4n) is 3.29. The number of amides is 2. The van der Waals surface area contributed by atoms with Crippen molar-refractivity contribution in [2.75, 3.05) is 5.32 Å². The van der Waals surface area contributed by atoms with Gasteiger partial charge in [-0.3, -0.25) is 24.6 Å². The quantitative estimate of drug-likeness (QED) is 0.370. The van der Waals surface area contributed by atoms with Crippen molar-refractivity contribution in [3.05, 3.63) is 112 Å². The van der Waals surface area contributed by atoms with E-state index in [0.717, 1.165) is 4.90 Å². The van der Waals surface area contributed by atoms with Crippen LogP contribution >= 0.6 is 0 Å². The Morgan fingerprint density at radius 3 is 2.13 bits per heavy atom. The monoisotopic (exact) mass is 417 g/mol. The van der Waals surface area contributed by atoms with E-state index in [2.05, 4.69) is 5.32 Å². The van der Waals surface area contributed by atoms with Crippen molar-refractivity contribution < 1.29 is 18.9 Å². The molecule has 3 aromatic rings. The first kappa shape index (κ1) is 20.0. The molecule has 1 N–H and O–H groups in total. The molecule has 3 aromatic carbocycles. The lowest BCUT2D eigenvalue weighted by Crippen LogP contribution is -2.32. The number of anilines is 1. The Morgan fingerprint density at radius 1 is 0.871 bits per heavy atom. The van der Waals surface area contributed by atoms with Gasteiger partial charge < -0.3 is 5.32 Å². The fourth-order valence-corrected chi connectivity index (χ4v) is 3.29. The van der Waals surface area contributed by atoms with Gasteiger partial charge in [0, 0.05) is 17.8 Å². The van der Waals surface area contributed by atoms with E-state index in [0.29, 0.717) is 16.8 Å². The van der Waals surface area contributed by atoms with E-state index in [-0.39, 0.29) is 23.5 Å². The van der Waals surface area contributed by atoms with Crippen LogP contribution in [0.4, 0.5) is 15.8 Å². The molecule has 1 aliphatic heterocycles. The first-order valence-corrected chi connectivity index (χ1v) is 9.36. The summed E-state index contributed by atoms with van der Waals surface area (Å²) in [7, 11) is 0. The standard InChI is InChI=1S/C23H16FN3O4/c24-17-10-6-15(7-11-17)14-26-22(28)20(16-8-12-19(13-9-16)27(30)31)21(23(26)29)25-18-4-2-1-3-5-18/h1-13,25H,14H2. The summed E-state index contributed by atoms with van der Waals surface area (Å²) in [5.74, 6) is -1.49. The van der Waals surface area contributed by atoms with Crippen molar-refractivity contribution >= 4 is 28.8 Å². The van der Waals surface area contributed by atoms with E-state index < -0.39 is 22.6 Å². The molecule has 0 unspecified atom stereocenters. The first-order chi connectivity index (χ1) is 14.9.